The van der Waals surface area contributed by atoms with Crippen molar-refractivity contribution < 1.29 is 14.0 Å². The van der Waals surface area contributed by atoms with Gasteiger partial charge in [0.25, 0.3) is 11.8 Å². The lowest BCUT2D eigenvalue weighted by Gasteiger charge is -2.31. The van der Waals surface area contributed by atoms with Gasteiger partial charge in [-0.1, -0.05) is 29.8 Å². The molecule has 0 radical (unpaired) electrons. The quantitative estimate of drug-likeness (QED) is 0.405. The molecule has 6 rings (SSSR count). The van der Waals surface area contributed by atoms with Crippen molar-refractivity contribution in [1.82, 2.24) is 4.98 Å². The predicted molar refractivity (Wildman–Crippen MR) is 127 cm³/mol. The molecule has 9 heteroatoms. The number of rotatable bonds is 1. The monoisotopic (exact) mass is 477 g/mol. The highest BCUT2D eigenvalue weighted by atomic mass is 35.5. The number of anilines is 2. The molecular formula is C24H16ClN3O4S. The van der Waals surface area contributed by atoms with E-state index in [1.54, 1.807) is 37.4 Å². The molecule has 0 aliphatic carbocycles. The Balaban J connectivity index is 1.81. The first kappa shape index (κ1) is 20.1. The summed E-state index contributed by atoms with van der Waals surface area (Å²) in [7, 11) is 1.63. The zero-order valence-electron chi connectivity index (χ0n) is 17.8. The van der Waals surface area contributed by atoms with Crippen molar-refractivity contribution in [3.05, 3.63) is 85.2 Å². The number of fused-ring (bicyclic) bond motifs is 5. The second-order valence-electron chi connectivity index (χ2n) is 8.15. The number of aryl methyl sites for hydroxylation is 2. The molecular weight excluding hydrogens is 462 g/mol. The highest BCUT2D eigenvalue weighted by Gasteiger charge is 2.65. The van der Waals surface area contributed by atoms with Crippen LogP contribution in [0.4, 0.5) is 10.8 Å². The first-order valence-corrected chi connectivity index (χ1v) is 11.4. The summed E-state index contributed by atoms with van der Waals surface area (Å²) in [5.74, 6) is -1.15. The van der Waals surface area contributed by atoms with E-state index in [9.17, 15) is 14.4 Å². The van der Waals surface area contributed by atoms with Gasteiger partial charge in [0.15, 0.2) is 16.1 Å². The van der Waals surface area contributed by atoms with Crippen LogP contribution in [0.1, 0.15) is 32.3 Å². The van der Waals surface area contributed by atoms with Gasteiger partial charge in [0.1, 0.15) is 5.58 Å². The summed E-state index contributed by atoms with van der Waals surface area (Å²) < 4.78 is 5.98. The molecule has 33 heavy (non-hydrogen) atoms. The van der Waals surface area contributed by atoms with Crippen LogP contribution in [0.25, 0.3) is 11.0 Å². The van der Waals surface area contributed by atoms with E-state index >= 15 is 0 Å². The second-order valence-corrected chi connectivity index (χ2v) is 9.76. The molecule has 0 N–H and O–H groups in total. The predicted octanol–water partition coefficient (Wildman–Crippen LogP) is 4.40. The summed E-state index contributed by atoms with van der Waals surface area (Å²) in [5.41, 5.74) is -0.0644. The smallest absolute Gasteiger partial charge is 0.297 e. The summed E-state index contributed by atoms with van der Waals surface area (Å²) in [6.45, 7) is 3.74. The first-order chi connectivity index (χ1) is 15.8. The van der Waals surface area contributed by atoms with Crippen molar-refractivity contribution in [2.75, 3.05) is 16.8 Å². The number of aromatic nitrogens is 1. The fourth-order valence-electron chi connectivity index (χ4n) is 4.79. The molecule has 0 bridgehead atoms. The minimum absolute atomic E-state index is 0.00503. The van der Waals surface area contributed by atoms with Crippen LogP contribution in [-0.2, 0) is 10.3 Å². The van der Waals surface area contributed by atoms with E-state index in [0.29, 0.717) is 21.4 Å². The van der Waals surface area contributed by atoms with Gasteiger partial charge in [-0.15, -0.1) is 11.3 Å². The molecule has 1 atom stereocenters. The molecule has 4 aromatic rings. The number of hydrogen-bond donors (Lipinski definition) is 0. The fourth-order valence-corrected chi connectivity index (χ4v) is 5.92. The van der Waals surface area contributed by atoms with Crippen LogP contribution in [0.3, 0.4) is 0 Å². The van der Waals surface area contributed by atoms with Crippen LogP contribution < -0.4 is 15.2 Å². The van der Waals surface area contributed by atoms with E-state index in [2.05, 4.69) is 4.98 Å². The summed E-state index contributed by atoms with van der Waals surface area (Å²) >= 11 is 7.45. The van der Waals surface area contributed by atoms with Gasteiger partial charge in [-0.2, -0.15) is 0 Å². The van der Waals surface area contributed by atoms with Crippen LogP contribution in [0.15, 0.2) is 51.7 Å². The highest BCUT2D eigenvalue weighted by Crippen LogP contribution is 2.54. The Morgan fingerprint density at radius 1 is 1.09 bits per heavy atom. The number of carbonyl (C=O) groups is 2. The molecule has 2 aromatic carbocycles. The van der Waals surface area contributed by atoms with Crippen molar-refractivity contribution in [2.24, 2.45) is 0 Å². The van der Waals surface area contributed by atoms with Crippen LogP contribution in [0, 0.1) is 13.8 Å². The molecule has 0 saturated heterocycles. The maximum absolute atomic E-state index is 14.0. The largest absolute Gasteiger partial charge is 0.450 e. The number of benzene rings is 2. The molecule has 0 saturated carbocycles. The number of halogens is 1. The Morgan fingerprint density at radius 2 is 1.85 bits per heavy atom. The highest BCUT2D eigenvalue weighted by molar-refractivity contribution is 7.16. The topological polar surface area (TPSA) is 83.7 Å². The van der Waals surface area contributed by atoms with Gasteiger partial charge in [-0.3, -0.25) is 19.3 Å². The summed E-state index contributed by atoms with van der Waals surface area (Å²) in [6, 6.07) is 11.8. The molecule has 1 spiro atoms. The zero-order valence-corrected chi connectivity index (χ0v) is 19.4. The molecule has 7 nitrogen and oxygen atoms in total. The lowest BCUT2D eigenvalue weighted by atomic mass is 9.84. The molecule has 164 valence electrons. The molecule has 2 amide bonds. The van der Waals surface area contributed by atoms with E-state index in [4.69, 9.17) is 16.0 Å². The lowest BCUT2D eigenvalue weighted by molar-refractivity contribution is -0.121. The van der Waals surface area contributed by atoms with Crippen molar-refractivity contribution in [1.29, 1.82) is 0 Å². The van der Waals surface area contributed by atoms with Gasteiger partial charge < -0.3 is 9.32 Å². The maximum atomic E-state index is 14.0. The first-order valence-electron chi connectivity index (χ1n) is 10.2. The molecule has 1 unspecified atom stereocenters. The average Bonchev–Trinajstić information content (AvgIpc) is 3.34. The van der Waals surface area contributed by atoms with Crippen LogP contribution in [0.2, 0.25) is 5.02 Å². The summed E-state index contributed by atoms with van der Waals surface area (Å²) in [4.78, 5) is 50.1. The third kappa shape index (κ3) is 2.34. The molecule has 2 aromatic heterocycles. The van der Waals surface area contributed by atoms with Gasteiger partial charge in [0.05, 0.1) is 16.6 Å². The number of thiazole rings is 1. The number of carbonyl (C=O) groups excluding carboxylic acids is 2. The minimum Gasteiger partial charge on any atom is -0.450 e. The molecule has 4 heterocycles. The Kier molecular flexibility index (Phi) is 3.98. The van der Waals surface area contributed by atoms with Crippen molar-refractivity contribution in [3.63, 3.8) is 0 Å². The van der Waals surface area contributed by atoms with Crippen LogP contribution >= 0.6 is 22.9 Å². The molecule has 2 aliphatic heterocycles. The van der Waals surface area contributed by atoms with Gasteiger partial charge >= 0.3 is 0 Å². The van der Waals surface area contributed by atoms with Gasteiger partial charge in [-0.25, -0.2) is 4.98 Å². The lowest BCUT2D eigenvalue weighted by Crippen LogP contribution is -2.53. The van der Waals surface area contributed by atoms with E-state index in [0.717, 1.165) is 10.6 Å². The molecule has 2 aliphatic rings. The number of hydrogen-bond acceptors (Lipinski definition) is 6. The Morgan fingerprint density at radius 3 is 2.58 bits per heavy atom. The number of likely N-dealkylation sites (N-methyl/N-ethyl adjacent to an activating group) is 1. The van der Waals surface area contributed by atoms with Crippen molar-refractivity contribution >= 4 is 56.5 Å². The van der Waals surface area contributed by atoms with Crippen molar-refractivity contribution in [2.45, 2.75) is 19.4 Å². The fraction of sp³-hybridized carbons (Fsp3) is 0.167. The number of amides is 2. The van der Waals surface area contributed by atoms with E-state index in [-0.39, 0.29) is 22.3 Å². The third-order valence-electron chi connectivity index (χ3n) is 6.42. The third-order valence-corrected chi connectivity index (χ3v) is 7.72. The zero-order chi connectivity index (χ0) is 23.2. The summed E-state index contributed by atoms with van der Waals surface area (Å²) in [6.07, 6.45) is 0. The second kappa shape index (κ2) is 6.52. The Labute approximate surface area is 196 Å². The van der Waals surface area contributed by atoms with E-state index < -0.39 is 22.8 Å². The average molecular weight is 478 g/mol. The Bertz CT molecular complexity index is 1590. The van der Waals surface area contributed by atoms with E-state index in [1.165, 1.54) is 27.2 Å². The van der Waals surface area contributed by atoms with Crippen LogP contribution in [-0.4, -0.2) is 23.8 Å². The number of nitrogens with zero attached hydrogens (tertiary/aromatic N) is 3. The van der Waals surface area contributed by atoms with Crippen LogP contribution in [0.5, 0.6) is 0 Å². The normalized spacial score (nSPS) is 19.2. The SMILES string of the molecule is Cc1nc(N2C(=O)c3oc4ccc(Cl)cc4c(=O)c3C23C(=O)N(C)c2ccccc23)sc1C. The van der Waals surface area contributed by atoms with Gasteiger partial charge in [-0.05, 0) is 38.1 Å². The summed E-state index contributed by atoms with van der Waals surface area (Å²) in [5, 5.41) is 0.898. The maximum Gasteiger partial charge on any atom is 0.297 e. The van der Waals surface area contributed by atoms with Gasteiger partial charge in [0.2, 0.25) is 5.76 Å². The van der Waals surface area contributed by atoms with E-state index in [1.807, 2.05) is 19.9 Å². The Hall–Kier alpha value is -3.49. The number of para-hydroxylation sites is 1. The molecule has 0 fully saturated rings. The van der Waals surface area contributed by atoms with Gasteiger partial charge in [0, 0.05) is 28.2 Å². The minimum atomic E-state index is -1.72. The standard InChI is InChI=1S/C24H16ClN3O4S/c1-11-12(2)33-23(26-11)28-21(30)20-18(19(29)14-10-13(25)8-9-17(14)32-20)24(28)15-6-4-5-7-16(15)27(3)22(24)31/h4-10H,1-3H3. The van der Waals surface area contributed by atoms with Crippen molar-refractivity contribution in [3.8, 4) is 0 Å².